The number of thioether (sulfide) groups is 1. The van der Waals surface area contributed by atoms with E-state index in [0.29, 0.717) is 23.0 Å². The number of halogens is 2. The van der Waals surface area contributed by atoms with Gasteiger partial charge < -0.3 is 9.47 Å². The zero-order valence-electron chi connectivity index (χ0n) is 11.5. The summed E-state index contributed by atoms with van der Waals surface area (Å²) in [5.41, 5.74) is 0.642. The highest BCUT2D eigenvalue weighted by atomic mass is 32.2. The summed E-state index contributed by atoms with van der Waals surface area (Å²) in [6.07, 6.45) is -0.462. The molecule has 0 spiro atoms. The van der Waals surface area contributed by atoms with E-state index in [1.54, 1.807) is 0 Å². The molecule has 0 N–H and O–H groups in total. The Morgan fingerprint density at radius 3 is 2.67 bits per heavy atom. The predicted molar refractivity (Wildman–Crippen MR) is 71.5 cm³/mol. The molecule has 1 aromatic heterocycles. The molecular weight excluding hydrogens is 302 g/mol. The molecule has 9 heteroatoms. The zero-order chi connectivity index (χ0) is 15.2. The van der Waals surface area contributed by atoms with Crippen LogP contribution >= 0.6 is 11.8 Å². The first-order valence-corrected chi connectivity index (χ1v) is 7.01. The van der Waals surface area contributed by atoms with Crippen molar-refractivity contribution in [2.24, 2.45) is 0 Å². The number of rotatable bonds is 7. The van der Waals surface area contributed by atoms with E-state index in [4.69, 9.17) is 9.47 Å². The Labute approximate surface area is 124 Å². The SMILES string of the molecule is COC(Cn1nnnc1SCc1ccc(F)c(F)c1)OC. The van der Waals surface area contributed by atoms with Gasteiger partial charge in [-0.25, -0.2) is 13.5 Å². The van der Waals surface area contributed by atoms with Gasteiger partial charge in [0.1, 0.15) is 0 Å². The molecule has 0 bridgehead atoms. The Morgan fingerprint density at radius 2 is 2.00 bits per heavy atom. The van der Waals surface area contributed by atoms with E-state index in [0.717, 1.165) is 12.1 Å². The quantitative estimate of drug-likeness (QED) is 0.574. The van der Waals surface area contributed by atoms with Crippen molar-refractivity contribution in [3.05, 3.63) is 35.4 Å². The van der Waals surface area contributed by atoms with Crippen LogP contribution in [0.15, 0.2) is 23.4 Å². The lowest BCUT2D eigenvalue weighted by atomic mass is 10.2. The second kappa shape index (κ2) is 7.43. The summed E-state index contributed by atoms with van der Waals surface area (Å²) in [5.74, 6) is -1.31. The number of benzene rings is 1. The van der Waals surface area contributed by atoms with Crippen molar-refractivity contribution in [3.8, 4) is 0 Å². The molecule has 0 unspecified atom stereocenters. The van der Waals surface area contributed by atoms with Gasteiger partial charge in [0.15, 0.2) is 17.9 Å². The maximum Gasteiger partial charge on any atom is 0.209 e. The summed E-state index contributed by atoms with van der Waals surface area (Å²) in [7, 11) is 3.04. The van der Waals surface area contributed by atoms with Crippen molar-refractivity contribution < 1.29 is 18.3 Å². The first-order chi connectivity index (χ1) is 10.1. The van der Waals surface area contributed by atoms with E-state index >= 15 is 0 Å². The van der Waals surface area contributed by atoms with Gasteiger partial charge in [-0.15, -0.1) is 5.10 Å². The van der Waals surface area contributed by atoms with E-state index < -0.39 is 17.9 Å². The van der Waals surface area contributed by atoms with Gasteiger partial charge >= 0.3 is 0 Å². The maximum absolute atomic E-state index is 13.1. The summed E-state index contributed by atoms with van der Waals surface area (Å²) < 4.78 is 37.7. The number of nitrogens with zero attached hydrogens (tertiary/aromatic N) is 4. The lowest BCUT2D eigenvalue weighted by molar-refractivity contribution is -0.113. The molecule has 0 saturated carbocycles. The average Bonchev–Trinajstić information content (AvgIpc) is 2.93. The second-order valence-electron chi connectivity index (χ2n) is 4.08. The van der Waals surface area contributed by atoms with E-state index in [9.17, 15) is 8.78 Å². The van der Waals surface area contributed by atoms with Crippen LogP contribution in [-0.4, -0.2) is 40.7 Å². The molecule has 0 amide bonds. The summed E-state index contributed by atoms with van der Waals surface area (Å²) in [4.78, 5) is 0. The highest BCUT2D eigenvalue weighted by Crippen LogP contribution is 2.21. The largest absolute Gasteiger partial charge is 0.354 e. The number of hydrogen-bond donors (Lipinski definition) is 0. The van der Waals surface area contributed by atoms with Crippen LogP contribution in [0.3, 0.4) is 0 Å². The van der Waals surface area contributed by atoms with Gasteiger partial charge in [0, 0.05) is 20.0 Å². The Kier molecular flexibility index (Phi) is 5.59. The molecule has 1 aromatic carbocycles. The molecule has 114 valence electrons. The van der Waals surface area contributed by atoms with Crippen LogP contribution in [0.4, 0.5) is 8.78 Å². The van der Waals surface area contributed by atoms with Crippen LogP contribution < -0.4 is 0 Å². The highest BCUT2D eigenvalue weighted by Gasteiger charge is 2.13. The van der Waals surface area contributed by atoms with Crippen LogP contribution in [0.1, 0.15) is 5.56 Å². The predicted octanol–water partition coefficient (Wildman–Crippen LogP) is 1.86. The molecule has 21 heavy (non-hydrogen) atoms. The van der Waals surface area contributed by atoms with E-state index in [1.807, 2.05) is 0 Å². The Morgan fingerprint density at radius 1 is 1.24 bits per heavy atom. The van der Waals surface area contributed by atoms with Crippen LogP contribution in [0.2, 0.25) is 0 Å². The third-order valence-electron chi connectivity index (χ3n) is 2.70. The van der Waals surface area contributed by atoms with Crippen molar-refractivity contribution in [2.75, 3.05) is 14.2 Å². The normalized spacial score (nSPS) is 11.3. The molecule has 0 aliphatic carbocycles. The molecule has 6 nitrogen and oxygen atoms in total. The number of tetrazole rings is 1. The molecule has 0 fully saturated rings. The topological polar surface area (TPSA) is 62.1 Å². The van der Waals surface area contributed by atoms with Crippen LogP contribution in [0.5, 0.6) is 0 Å². The zero-order valence-corrected chi connectivity index (χ0v) is 12.3. The van der Waals surface area contributed by atoms with Gasteiger partial charge in [0.2, 0.25) is 5.16 Å². The second-order valence-corrected chi connectivity index (χ2v) is 5.02. The molecule has 2 rings (SSSR count). The monoisotopic (exact) mass is 316 g/mol. The number of ether oxygens (including phenoxy) is 2. The average molecular weight is 316 g/mol. The summed E-state index contributed by atoms with van der Waals surface area (Å²) in [6.45, 7) is 0.333. The van der Waals surface area contributed by atoms with Gasteiger partial charge in [-0.1, -0.05) is 17.8 Å². The van der Waals surface area contributed by atoms with Crippen LogP contribution in [0, 0.1) is 11.6 Å². The first kappa shape index (κ1) is 15.8. The van der Waals surface area contributed by atoms with Crippen molar-refractivity contribution >= 4 is 11.8 Å². The highest BCUT2D eigenvalue weighted by molar-refractivity contribution is 7.98. The Hall–Kier alpha value is -1.58. The fourth-order valence-electron chi connectivity index (χ4n) is 1.58. The number of aromatic nitrogens is 4. The molecular formula is C12H14F2N4O2S. The fourth-order valence-corrected chi connectivity index (χ4v) is 2.41. The van der Waals surface area contributed by atoms with Crippen molar-refractivity contribution in [1.29, 1.82) is 0 Å². The van der Waals surface area contributed by atoms with Crippen LogP contribution in [-0.2, 0) is 21.8 Å². The van der Waals surface area contributed by atoms with Gasteiger partial charge in [-0.3, -0.25) is 0 Å². The minimum atomic E-state index is -0.869. The van der Waals surface area contributed by atoms with E-state index in [1.165, 1.54) is 36.7 Å². The van der Waals surface area contributed by atoms with E-state index in [2.05, 4.69) is 15.5 Å². The Bertz CT molecular complexity index is 592. The van der Waals surface area contributed by atoms with Gasteiger partial charge in [-0.05, 0) is 28.1 Å². The lowest BCUT2D eigenvalue weighted by Crippen LogP contribution is -2.21. The van der Waals surface area contributed by atoms with Gasteiger partial charge in [-0.2, -0.15) is 0 Å². The standard InChI is InChI=1S/C12H14F2N4O2S/c1-19-11(20-2)6-18-12(15-16-17-18)21-7-8-3-4-9(13)10(14)5-8/h3-5,11H,6-7H2,1-2H3. The molecule has 0 aliphatic heterocycles. The first-order valence-electron chi connectivity index (χ1n) is 6.02. The molecule has 0 radical (unpaired) electrons. The number of methoxy groups -OCH3 is 2. The molecule has 0 atom stereocenters. The summed E-state index contributed by atoms with van der Waals surface area (Å²) in [5, 5.41) is 11.8. The fraction of sp³-hybridized carbons (Fsp3) is 0.417. The number of hydrogen-bond acceptors (Lipinski definition) is 6. The lowest BCUT2D eigenvalue weighted by Gasteiger charge is -2.13. The Balaban J connectivity index is 2.00. The minimum Gasteiger partial charge on any atom is -0.354 e. The molecule has 0 saturated heterocycles. The maximum atomic E-state index is 13.1. The molecule has 1 heterocycles. The smallest absolute Gasteiger partial charge is 0.209 e. The summed E-state index contributed by atoms with van der Waals surface area (Å²) in [6, 6.07) is 3.77. The third-order valence-corrected chi connectivity index (χ3v) is 3.73. The molecule has 0 aliphatic rings. The van der Waals surface area contributed by atoms with E-state index in [-0.39, 0.29) is 0 Å². The van der Waals surface area contributed by atoms with Crippen LogP contribution in [0.25, 0.3) is 0 Å². The van der Waals surface area contributed by atoms with Gasteiger partial charge in [0.25, 0.3) is 0 Å². The summed E-state index contributed by atoms with van der Waals surface area (Å²) >= 11 is 1.31. The van der Waals surface area contributed by atoms with Crippen molar-refractivity contribution in [3.63, 3.8) is 0 Å². The van der Waals surface area contributed by atoms with Crippen molar-refractivity contribution in [1.82, 2.24) is 20.2 Å². The minimum absolute atomic E-state index is 0.333. The third kappa shape index (κ3) is 4.19. The van der Waals surface area contributed by atoms with Crippen molar-refractivity contribution in [2.45, 2.75) is 23.7 Å². The van der Waals surface area contributed by atoms with Gasteiger partial charge in [0.05, 0.1) is 6.54 Å². The molecule has 2 aromatic rings.